The van der Waals surface area contributed by atoms with E-state index in [0.29, 0.717) is 0 Å². The van der Waals surface area contributed by atoms with E-state index in [1.54, 1.807) is 13.3 Å². The zero-order valence-corrected chi connectivity index (χ0v) is 32.5. The van der Waals surface area contributed by atoms with Gasteiger partial charge in [0.1, 0.15) is 6.34 Å². The molecule has 1 heterocycles. The first-order valence-electron chi connectivity index (χ1n) is 20.8. The molecule has 2 unspecified atom stereocenters. The van der Waals surface area contributed by atoms with Crippen molar-refractivity contribution >= 4 is 18.5 Å². The molecule has 0 fully saturated rings. The SMILES string of the molecule is CCCCC/C=C\C/C=C\CCCCCCCCN(CCCCCCCC/C=C\C/C=C\CCCCC)CC(CC1C=NC=N1)NC(C)=O. The molecule has 280 valence electrons. The molecule has 1 aliphatic heterocycles. The summed E-state index contributed by atoms with van der Waals surface area (Å²) in [5.41, 5.74) is 0. The van der Waals surface area contributed by atoms with Crippen molar-refractivity contribution in [3.63, 3.8) is 0 Å². The number of hydrogen-bond donors (Lipinski definition) is 1. The highest BCUT2D eigenvalue weighted by molar-refractivity contribution is 5.82. The number of rotatable bonds is 35. The Labute approximate surface area is 304 Å². The zero-order valence-electron chi connectivity index (χ0n) is 32.5. The number of unbranched alkanes of at least 4 members (excludes halogenated alkanes) is 18. The summed E-state index contributed by atoms with van der Waals surface area (Å²) < 4.78 is 0. The summed E-state index contributed by atoms with van der Waals surface area (Å²) in [6.45, 7) is 9.30. The van der Waals surface area contributed by atoms with E-state index in [4.69, 9.17) is 0 Å². The van der Waals surface area contributed by atoms with E-state index in [1.165, 1.54) is 141 Å². The highest BCUT2D eigenvalue weighted by Crippen LogP contribution is 2.13. The maximum absolute atomic E-state index is 12.0. The van der Waals surface area contributed by atoms with Crippen LogP contribution < -0.4 is 5.32 Å². The number of nitrogens with one attached hydrogen (secondary N) is 1. The van der Waals surface area contributed by atoms with E-state index in [0.717, 1.165) is 38.9 Å². The van der Waals surface area contributed by atoms with Crippen molar-refractivity contribution < 1.29 is 4.79 Å². The van der Waals surface area contributed by atoms with E-state index in [1.807, 2.05) is 6.21 Å². The van der Waals surface area contributed by atoms with Crippen LogP contribution in [0.25, 0.3) is 0 Å². The average Bonchev–Trinajstić information content (AvgIpc) is 3.60. The van der Waals surface area contributed by atoms with Crippen molar-refractivity contribution in [2.45, 2.75) is 193 Å². The molecule has 0 aromatic heterocycles. The molecule has 0 radical (unpaired) electrons. The maximum atomic E-state index is 12.0. The molecule has 0 bridgehead atoms. The third-order valence-corrected chi connectivity index (χ3v) is 9.34. The van der Waals surface area contributed by atoms with Crippen LogP contribution in [0.1, 0.15) is 181 Å². The van der Waals surface area contributed by atoms with Crippen molar-refractivity contribution in [3.05, 3.63) is 48.6 Å². The molecule has 5 nitrogen and oxygen atoms in total. The summed E-state index contributed by atoms with van der Waals surface area (Å²) >= 11 is 0. The van der Waals surface area contributed by atoms with Crippen molar-refractivity contribution in [2.75, 3.05) is 19.6 Å². The Hall–Kier alpha value is -2.27. The topological polar surface area (TPSA) is 57.1 Å². The fourth-order valence-electron chi connectivity index (χ4n) is 6.43. The maximum Gasteiger partial charge on any atom is 0.217 e. The first kappa shape index (κ1) is 44.8. The number of carbonyl (C=O) groups excluding carboxylic acids is 1. The minimum atomic E-state index is 0.0475. The van der Waals surface area contributed by atoms with Crippen molar-refractivity contribution in [1.29, 1.82) is 0 Å². The molecule has 0 aromatic carbocycles. The Kier molecular flexibility index (Phi) is 32.5. The average molecular weight is 679 g/mol. The predicted molar refractivity (Wildman–Crippen MR) is 218 cm³/mol. The molecular formula is C44H78N4O. The van der Waals surface area contributed by atoms with E-state index in [9.17, 15) is 4.79 Å². The molecule has 1 aliphatic rings. The monoisotopic (exact) mass is 679 g/mol. The third kappa shape index (κ3) is 31.5. The second-order valence-corrected chi connectivity index (χ2v) is 14.2. The van der Waals surface area contributed by atoms with Crippen LogP contribution in [0, 0.1) is 0 Å². The van der Waals surface area contributed by atoms with Gasteiger partial charge in [-0.3, -0.25) is 9.79 Å². The number of aliphatic imine (C=N–C) groups is 2. The molecule has 1 amide bonds. The Balaban J connectivity index is 2.27. The van der Waals surface area contributed by atoms with Crippen LogP contribution in [0.3, 0.4) is 0 Å². The van der Waals surface area contributed by atoms with Gasteiger partial charge in [0, 0.05) is 25.7 Å². The van der Waals surface area contributed by atoms with Crippen LogP contribution in [-0.2, 0) is 4.79 Å². The van der Waals surface area contributed by atoms with Crippen LogP contribution in [0.4, 0.5) is 0 Å². The normalized spacial score (nSPS) is 15.4. The van der Waals surface area contributed by atoms with E-state index in [2.05, 4.69) is 82.7 Å². The van der Waals surface area contributed by atoms with Gasteiger partial charge in [0.2, 0.25) is 5.91 Å². The van der Waals surface area contributed by atoms with Gasteiger partial charge in [-0.25, -0.2) is 4.99 Å². The highest BCUT2D eigenvalue weighted by Gasteiger charge is 2.20. The van der Waals surface area contributed by atoms with Crippen LogP contribution in [0.15, 0.2) is 58.6 Å². The molecule has 49 heavy (non-hydrogen) atoms. The van der Waals surface area contributed by atoms with Gasteiger partial charge in [-0.1, -0.05) is 140 Å². The van der Waals surface area contributed by atoms with Gasteiger partial charge >= 0.3 is 0 Å². The molecule has 0 saturated heterocycles. The molecule has 1 N–H and O–H groups in total. The smallest absolute Gasteiger partial charge is 0.217 e. The van der Waals surface area contributed by atoms with Crippen molar-refractivity contribution in [2.24, 2.45) is 9.98 Å². The van der Waals surface area contributed by atoms with Crippen molar-refractivity contribution in [3.8, 4) is 0 Å². The molecule has 1 rings (SSSR count). The molecule has 5 heteroatoms. The largest absolute Gasteiger partial charge is 0.352 e. The summed E-state index contributed by atoms with van der Waals surface area (Å²) in [7, 11) is 0. The van der Waals surface area contributed by atoms with Gasteiger partial charge in [-0.15, -0.1) is 0 Å². The fourth-order valence-corrected chi connectivity index (χ4v) is 6.43. The summed E-state index contributed by atoms with van der Waals surface area (Å²) in [6.07, 6.45) is 53.8. The van der Waals surface area contributed by atoms with Crippen LogP contribution in [-0.4, -0.2) is 55.1 Å². The van der Waals surface area contributed by atoms with E-state index in [-0.39, 0.29) is 18.0 Å². The molecule has 0 aliphatic carbocycles. The highest BCUT2D eigenvalue weighted by atomic mass is 16.1. The quantitative estimate of drug-likeness (QED) is 0.0536. The van der Waals surface area contributed by atoms with Crippen LogP contribution in [0.5, 0.6) is 0 Å². The minimum Gasteiger partial charge on any atom is -0.352 e. The summed E-state index contributed by atoms with van der Waals surface area (Å²) in [5, 5.41) is 3.22. The number of carbonyl (C=O) groups is 1. The Morgan fingerprint density at radius 3 is 1.47 bits per heavy atom. The summed E-state index contributed by atoms with van der Waals surface area (Å²) in [5.74, 6) is 0.0475. The summed E-state index contributed by atoms with van der Waals surface area (Å²) in [4.78, 5) is 23.3. The lowest BCUT2D eigenvalue weighted by Gasteiger charge is -2.29. The van der Waals surface area contributed by atoms with Gasteiger partial charge in [-0.2, -0.15) is 0 Å². The first-order valence-corrected chi connectivity index (χ1v) is 20.8. The lowest BCUT2D eigenvalue weighted by atomic mass is 10.1. The Morgan fingerprint density at radius 2 is 1.06 bits per heavy atom. The van der Waals surface area contributed by atoms with Crippen LogP contribution in [0.2, 0.25) is 0 Å². The number of hydrogen-bond acceptors (Lipinski definition) is 4. The number of nitrogens with zero attached hydrogens (tertiary/aromatic N) is 3. The molecule has 0 saturated carbocycles. The minimum absolute atomic E-state index is 0.0475. The predicted octanol–water partition coefficient (Wildman–Crippen LogP) is 12.3. The molecular weight excluding hydrogens is 601 g/mol. The fraction of sp³-hybridized carbons (Fsp3) is 0.750. The van der Waals surface area contributed by atoms with Gasteiger partial charge in [0.15, 0.2) is 0 Å². The number of allylic oxidation sites excluding steroid dienone is 8. The van der Waals surface area contributed by atoms with Gasteiger partial charge in [0.25, 0.3) is 0 Å². The van der Waals surface area contributed by atoms with Gasteiger partial charge in [-0.05, 0) is 96.6 Å². The van der Waals surface area contributed by atoms with E-state index < -0.39 is 0 Å². The lowest BCUT2D eigenvalue weighted by Crippen LogP contribution is -2.45. The molecule has 2 atom stereocenters. The third-order valence-electron chi connectivity index (χ3n) is 9.34. The Bertz CT molecular complexity index is 858. The lowest BCUT2D eigenvalue weighted by molar-refractivity contribution is -0.119. The van der Waals surface area contributed by atoms with Gasteiger partial charge < -0.3 is 10.2 Å². The second-order valence-electron chi connectivity index (χ2n) is 14.2. The van der Waals surface area contributed by atoms with Crippen LogP contribution >= 0.6 is 0 Å². The first-order chi connectivity index (χ1) is 24.2. The summed E-state index contributed by atoms with van der Waals surface area (Å²) in [6, 6.07) is 0.195. The second kappa shape index (κ2) is 35.6. The Morgan fingerprint density at radius 1 is 0.633 bits per heavy atom. The van der Waals surface area contributed by atoms with E-state index >= 15 is 0 Å². The van der Waals surface area contributed by atoms with Crippen molar-refractivity contribution in [1.82, 2.24) is 10.2 Å². The zero-order chi connectivity index (χ0) is 35.3. The number of amides is 1. The molecule has 0 spiro atoms. The van der Waals surface area contributed by atoms with Gasteiger partial charge in [0.05, 0.1) is 6.04 Å². The standard InChI is InChI=1S/C44H78N4O/c1-4-6-8-10-12-14-16-18-20-22-24-26-28-30-32-34-36-48(40-44(47-42(3)49)38-43-39-45-41-46-43)37-35-33-31-29-27-25-23-21-19-17-15-13-11-9-7-5-2/h12-15,18-21,39,41,43-44H,4-11,16-17,22-38,40H2,1-3H3,(H,47,49)/b14-12-,15-13-,20-18-,21-19-. The molecule has 0 aromatic rings.